The van der Waals surface area contributed by atoms with Crippen LogP contribution in [0.5, 0.6) is 11.5 Å². The fourth-order valence-corrected chi connectivity index (χ4v) is 2.99. The Morgan fingerprint density at radius 2 is 1.83 bits per heavy atom. The molecule has 8 nitrogen and oxygen atoms in total. The third-order valence-electron chi connectivity index (χ3n) is 3.93. The molecule has 1 aliphatic rings. The average Bonchev–Trinajstić information content (AvgIpc) is 2.68. The van der Waals surface area contributed by atoms with Crippen LogP contribution >= 0.6 is 11.6 Å². The third-order valence-corrected chi connectivity index (χ3v) is 4.22. The maximum Gasteiger partial charge on any atom is 0.411 e. The molecule has 0 fully saturated rings. The quantitative estimate of drug-likeness (QED) is 0.666. The number of carbonyl (C=O) groups is 2. The van der Waals surface area contributed by atoms with Gasteiger partial charge in [-0.25, -0.2) is 4.79 Å². The third kappa shape index (κ3) is 6.00. The Labute approximate surface area is 173 Å². The van der Waals surface area contributed by atoms with Gasteiger partial charge in [-0.05, 0) is 35.9 Å². The SMILES string of the molecule is COCCOC(=O)Nc1cccc(NC(=O)Cc2cc(Cl)c3c(c2)OCCO3)c1. The molecule has 0 aromatic heterocycles. The molecule has 0 spiro atoms. The molecule has 154 valence electrons. The fourth-order valence-electron chi connectivity index (χ4n) is 2.70. The topological polar surface area (TPSA) is 95.1 Å². The Morgan fingerprint density at radius 1 is 1.07 bits per heavy atom. The summed E-state index contributed by atoms with van der Waals surface area (Å²) in [4.78, 5) is 24.1. The van der Waals surface area contributed by atoms with Crippen molar-refractivity contribution in [3.05, 3.63) is 47.0 Å². The molecule has 1 aliphatic heterocycles. The van der Waals surface area contributed by atoms with Gasteiger partial charge in [0, 0.05) is 18.5 Å². The average molecular weight is 421 g/mol. The van der Waals surface area contributed by atoms with Crippen molar-refractivity contribution in [2.45, 2.75) is 6.42 Å². The molecule has 29 heavy (non-hydrogen) atoms. The first kappa shape index (κ1) is 20.8. The number of benzene rings is 2. The summed E-state index contributed by atoms with van der Waals surface area (Å²) in [6.07, 6.45) is -0.496. The summed E-state index contributed by atoms with van der Waals surface area (Å²) in [5.41, 5.74) is 1.73. The van der Waals surface area contributed by atoms with E-state index in [1.165, 1.54) is 7.11 Å². The van der Waals surface area contributed by atoms with Crippen LogP contribution in [0.15, 0.2) is 36.4 Å². The lowest BCUT2D eigenvalue weighted by molar-refractivity contribution is -0.115. The number of hydrogen-bond donors (Lipinski definition) is 2. The van der Waals surface area contributed by atoms with Gasteiger partial charge in [-0.15, -0.1) is 0 Å². The number of methoxy groups -OCH3 is 1. The van der Waals surface area contributed by atoms with Crippen LogP contribution in [-0.4, -0.2) is 45.5 Å². The van der Waals surface area contributed by atoms with E-state index in [2.05, 4.69) is 10.6 Å². The van der Waals surface area contributed by atoms with Crippen molar-refractivity contribution < 1.29 is 28.5 Å². The lowest BCUT2D eigenvalue weighted by Gasteiger charge is -2.20. The molecular formula is C20H21ClN2O6. The molecule has 0 saturated heterocycles. The summed E-state index contributed by atoms with van der Waals surface area (Å²) in [5.74, 6) is 0.792. The predicted octanol–water partition coefficient (Wildman–Crippen LogP) is 3.49. The number of hydrogen-bond acceptors (Lipinski definition) is 6. The number of ether oxygens (including phenoxy) is 4. The first-order valence-electron chi connectivity index (χ1n) is 8.96. The molecule has 0 unspecified atom stereocenters. The maximum atomic E-state index is 12.4. The van der Waals surface area contributed by atoms with Gasteiger partial charge in [0.25, 0.3) is 0 Å². The van der Waals surface area contributed by atoms with Crippen molar-refractivity contribution in [3.63, 3.8) is 0 Å². The lowest BCUT2D eigenvalue weighted by atomic mass is 10.1. The predicted molar refractivity (Wildman–Crippen MR) is 108 cm³/mol. The summed E-state index contributed by atoms with van der Waals surface area (Å²) < 4.78 is 20.8. The van der Waals surface area contributed by atoms with Gasteiger partial charge in [0.05, 0.1) is 18.1 Å². The van der Waals surface area contributed by atoms with E-state index in [4.69, 9.17) is 30.5 Å². The van der Waals surface area contributed by atoms with E-state index in [9.17, 15) is 9.59 Å². The summed E-state index contributed by atoms with van der Waals surface area (Å²) in [5, 5.41) is 5.79. The minimum Gasteiger partial charge on any atom is -0.486 e. The van der Waals surface area contributed by atoms with Gasteiger partial charge in [-0.3, -0.25) is 10.1 Å². The molecule has 2 aromatic carbocycles. The summed E-state index contributed by atoms with van der Waals surface area (Å²) in [6, 6.07) is 10.2. The second kappa shape index (κ2) is 9.99. The molecule has 2 aromatic rings. The first-order valence-corrected chi connectivity index (χ1v) is 9.33. The van der Waals surface area contributed by atoms with Crippen LogP contribution in [0.25, 0.3) is 0 Å². The van der Waals surface area contributed by atoms with Gasteiger partial charge in [0.1, 0.15) is 19.8 Å². The van der Waals surface area contributed by atoms with E-state index in [1.807, 2.05) is 0 Å². The van der Waals surface area contributed by atoms with Gasteiger partial charge < -0.3 is 24.3 Å². The maximum absolute atomic E-state index is 12.4. The van der Waals surface area contributed by atoms with E-state index >= 15 is 0 Å². The summed E-state index contributed by atoms with van der Waals surface area (Å²) in [7, 11) is 1.52. The number of carbonyl (C=O) groups excluding carboxylic acids is 2. The monoisotopic (exact) mass is 420 g/mol. The normalized spacial score (nSPS) is 12.2. The van der Waals surface area contributed by atoms with E-state index in [-0.39, 0.29) is 18.9 Å². The van der Waals surface area contributed by atoms with Crippen LogP contribution in [0.3, 0.4) is 0 Å². The molecule has 0 atom stereocenters. The molecule has 9 heteroatoms. The highest BCUT2D eigenvalue weighted by molar-refractivity contribution is 6.32. The van der Waals surface area contributed by atoms with Crippen LogP contribution < -0.4 is 20.1 Å². The minimum atomic E-state index is -0.601. The standard InChI is InChI=1S/C20H21ClN2O6/c1-26-5-6-29-20(25)23-15-4-2-3-14(12-15)22-18(24)11-13-9-16(21)19-17(10-13)27-7-8-28-19/h2-4,9-10,12H,5-8,11H2,1H3,(H,22,24)(H,23,25). The molecule has 0 bridgehead atoms. The van der Waals surface area contributed by atoms with Crippen LogP contribution in [0.2, 0.25) is 5.02 Å². The van der Waals surface area contributed by atoms with Gasteiger partial charge >= 0.3 is 6.09 Å². The number of rotatable bonds is 7. The van der Waals surface area contributed by atoms with Crippen LogP contribution in [-0.2, 0) is 20.7 Å². The summed E-state index contributed by atoms with van der Waals surface area (Å²) >= 11 is 6.21. The van der Waals surface area contributed by atoms with Crippen molar-refractivity contribution in [2.24, 2.45) is 0 Å². The minimum absolute atomic E-state index is 0.104. The van der Waals surface area contributed by atoms with Crippen molar-refractivity contribution in [3.8, 4) is 11.5 Å². The zero-order chi connectivity index (χ0) is 20.6. The van der Waals surface area contributed by atoms with E-state index in [1.54, 1.807) is 36.4 Å². The molecule has 3 rings (SSSR count). The Bertz CT molecular complexity index is 889. The smallest absolute Gasteiger partial charge is 0.411 e. The second-order valence-corrected chi connectivity index (χ2v) is 6.57. The van der Waals surface area contributed by atoms with E-state index < -0.39 is 6.09 Å². The van der Waals surface area contributed by atoms with E-state index in [0.717, 1.165) is 0 Å². The number of halogens is 1. The second-order valence-electron chi connectivity index (χ2n) is 6.16. The van der Waals surface area contributed by atoms with Crippen LogP contribution in [0.4, 0.5) is 16.2 Å². The molecular weight excluding hydrogens is 400 g/mol. The highest BCUT2D eigenvalue weighted by Crippen LogP contribution is 2.38. The number of fused-ring (bicyclic) bond motifs is 1. The fraction of sp³-hybridized carbons (Fsp3) is 0.300. The van der Waals surface area contributed by atoms with Gasteiger partial charge in [0.2, 0.25) is 5.91 Å². The lowest BCUT2D eigenvalue weighted by Crippen LogP contribution is -2.18. The van der Waals surface area contributed by atoms with Gasteiger partial charge in [-0.2, -0.15) is 0 Å². The highest BCUT2D eigenvalue weighted by Gasteiger charge is 2.17. The number of nitrogens with one attached hydrogen (secondary N) is 2. The largest absolute Gasteiger partial charge is 0.486 e. The van der Waals surface area contributed by atoms with Crippen molar-refractivity contribution in [1.29, 1.82) is 0 Å². The van der Waals surface area contributed by atoms with Gasteiger partial charge in [0.15, 0.2) is 11.5 Å². The molecule has 2 amide bonds. The Hall–Kier alpha value is -2.97. The highest BCUT2D eigenvalue weighted by atomic mass is 35.5. The van der Waals surface area contributed by atoms with Crippen molar-refractivity contribution in [2.75, 3.05) is 44.2 Å². The van der Waals surface area contributed by atoms with Crippen molar-refractivity contribution in [1.82, 2.24) is 0 Å². The zero-order valence-corrected chi connectivity index (χ0v) is 16.6. The Morgan fingerprint density at radius 3 is 2.62 bits per heavy atom. The molecule has 1 heterocycles. The number of amides is 2. The molecule has 0 aliphatic carbocycles. The molecule has 0 saturated carbocycles. The number of anilines is 2. The van der Waals surface area contributed by atoms with Crippen LogP contribution in [0, 0.1) is 0 Å². The van der Waals surface area contributed by atoms with E-state index in [0.29, 0.717) is 53.3 Å². The van der Waals surface area contributed by atoms with Crippen LogP contribution in [0.1, 0.15) is 5.56 Å². The molecule has 0 radical (unpaired) electrons. The molecule has 2 N–H and O–H groups in total. The Balaban J connectivity index is 1.58. The van der Waals surface area contributed by atoms with Gasteiger partial charge in [-0.1, -0.05) is 17.7 Å². The summed E-state index contributed by atoms with van der Waals surface area (Å²) in [6.45, 7) is 1.34. The van der Waals surface area contributed by atoms with Crippen molar-refractivity contribution >= 4 is 35.0 Å². The first-order chi connectivity index (χ1) is 14.0. The Kier molecular flexibility index (Phi) is 7.15. The zero-order valence-electron chi connectivity index (χ0n) is 15.8.